The van der Waals surface area contributed by atoms with Crippen molar-refractivity contribution in [2.45, 2.75) is 26.3 Å². The smallest absolute Gasteiger partial charge is 0.326 e. The van der Waals surface area contributed by atoms with Gasteiger partial charge in [0.2, 0.25) is 0 Å². The molecule has 0 bridgehead atoms. The van der Waals surface area contributed by atoms with Gasteiger partial charge in [0.05, 0.1) is 13.2 Å². The fraction of sp³-hybridized carbons (Fsp3) is 0.643. The zero-order chi connectivity index (χ0) is 15.2. The highest BCUT2D eigenvalue weighted by molar-refractivity contribution is 5.77. The minimum Gasteiger partial charge on any atom is -0.480 e. The van der Waals surface area contributed by atoms with Gasteiger partial charge in [-0.3, -0.25) is 0 Å². The zero-order valence-electron chi connectivity index (χ0n) is 12.5. The molecule has 7 nitrogen and oxygen atoms in total. The average Bonchev–Trinajstić information content (AvgIpc) is 2.47. The summed E-state index contributed by atoms with van der Waals surface area (Å²) in [5.41, 5.74) is 0. The molecule has 1 aromatic rings. The van der Waals surface area contributed by atoms with Crippen LogP contribution in [0.25, 0.3) is 0 Å². The lowest BCUT2D eigenvalue weighted by molar-refractivity contribution is -0.138. The molecule has 2 rings (SSSR count). The summed E-state index contributed by atoms with van der Waals surface area (Å²) in [4.78, 5) is 21.8. The molecule has 0 aliphatic carbocycles. The normalized spacial score (nSPS) is 16.8. The van der Waals surface area contributed by atoms with Crippen LogP contribution in [0.1, 0.15) is 20.3 Å². The zero-order valence-corrected chi connectivity index (χ0v) is 12.5. The number of ether oxygens (including phenoxy) is 1. The predicted octanol–water partition coefficient (Wildman–Crippen LogP) is 1.22. The Balaban J connectivity index is 2.07. The van der Waals surface area contributed by atoms with Gasteiger partial charge in [-0.15, -0.1) is 0 Å². The van der Waals surface area contributed by atoms with E-state index in [9.17, 15) is 9.90 Å². The Hall–Kier alpha value is -1.89. The number of nitrogens with one attached hydrogen (secondary N) is 1. The summed E-state index contributed by atoms with van der Waals surface area (Å²) in [5, 5.41) is 12.2. The Morgan fingerprint density at radius 3 is 2.76 bits per heavy atom. The Kier molecular flexibility index (Phi) is 5.32. The van der Waals surface area contributed by atoms with Crippen molar-refractivity contribution in [3.63, 3.8) is 0 Å². The maximum atomic E-state index is 11.3. The van der Waals surface area contributed by atoms with Crippen LogP contribution in [0.2, 0.25) is 0 Å². The molecule has 0 aromatic carbocycles. The van der Waals surface area contributed by atoms with E-state index in [2.05, 4.69) is 20.2 Å². The summed E-state index contributed by atoms with van der Waals surface area (Å²) in [6, 6.07) is 1.15. The van der Waals surface area contributed by atoms with E-state index < -0.39 is 12.0 Å². The van der Waals surface area contributed by atoms with E-state index in [0.29, 0.717) is 31.4 Å². The van der Waals surface area contributed by atoms with Crippen LogP contribution in [0.4, 0.5) is 11.6 Å². The molecular weight excluding hydrogens is 272 g/mol. The molecule has 1 fully saturated rings. The molecule has 1 aliphatic heterocycles. The van der Waals surface area contributed by atoms with Crippen molar-refractivity contribution in [1.29, 1.82) is 0 Å². The average molecular weight is 294 g/mol. The second-order valence-electron chi connectivity index (χ2n) is 5.53. The van der Waals surface area contributed by atoms with Crippen molar-refractivity contribution in [3.05, 3.63) is 12.4 Å². The standard InChI is InChI=1S/C14H22N4O3/c1-10(2)7-11(14(19)20)17-12-8-13(16-9-15-12)18-3-5-21-6-4-18/h8-11H,3-7H2,1-2H3,(H,19,20)(H,15,16,17)/t11-/m1/s1. The second kappa shape index (κ2) is 7.21. The minimum absolute atomic E-state index is 0.291. The fourth-order valence-electron chi connectivity index (χ4n) is 2.26. The van der Waals surface area contributed by atoms with E-state index in [1.165, 1.54) is 6.33 Å². The van der Waals surface area contributed by atoms with E-state index in [4.69, 9.17) is 4.74 Å². The van der Waals surface area contributed by atoms with E-state index in [-0.39, 0.29) is 0 Å². The Bertz CT molecular complexity index is 475. The van der Waals surface area contributed by atoms with Crippen LogP contribution in [0.3, 0.4) is 0 Å². The third-order valence-electron chi connectivity index (χ3n) is 3.32. The van der Waals surface area contributed by atoms with Gasteiger partial charge in [-0.25, -0.2) is 14.8 Å². The number of hydrogen-bond acceptors (Lipinski definition) is 6. The first-order valence-corrected chi connectivity index (χ1v) is 7.20. The molecule has 1 atom stereocenters. The molecule has 0 saturated carbocycles. The van der Waals surface area contributed by atoms with Gasteiger partial charge in [0.15, 0.2) is 0 Å². The number of anilines is 2. The van der Waals surface area contributed by atoms with Crippen LogP contribution in [0.15, 0.2) is 12.4 Å². The number of carboxylic acids is 1. The monoisotopic (exact) mass is 294 g/mol. The minimum atomic E-state index is -0.866. The second-order valence-corrected chi connectivity index (χ2v) is 5.53. The molecule has 0 unspecified atom stereocenters. The van der Waals surface area contributed by atoms with Gasteiger partial charge in [-0.05, 0) is 12.3 Å². The molecule has 2 N–H and O–H groups in total. The van der Waals surface area contributed by atoms with Crippen LogP contribution in [-0.2, 0) is 9.53 Å². The molecule has 21 heavy (non-hydrogen) atoms. The quantitative estimate of drug-likeness (QED) is 0.815. The van der Waals surface area contributed by atoms with E-state index in [0.717, 1.165) is 18.9 Å². The number of hydrogen-bond donors (Lipinski definition) is 2. The van der Waals surface area contributed by atoms with Crippen molar-refractivity contribution in [3.8, 4) is 0 Å². The highest BCUT2D eigenvalue weighted by Crippen LogP contribution is 2.17. The molecule has 0 radical (unpaired) electrons. The number of morpholine rings is 1. The predicted molar refractivity (Wildman–Crippen MR) is 79.6 cm³/mol. The number of rotatable bonds is 6. The summed E-state index contributed by atoms with van der Waals surface area (Å²) in [6.45, 7) is 6.92. The van der Waals surface area contributed by atoms with Crippen molar-refractivity contribution in [1.82, 2.24) is 9.97 Å². The lowest BCUT2D eigenvalue weighted by Crippen LogP contribution is -2.37. The highest BCUT2D eigenvalue weighted by Gasteiger charge is 2.20. The lowest BCUT2D eigenvalue weighted by atomic mass is 10.0. The van der Waals surface area contributed by atoms with Gasteiger partial charge in [0.25, 0.3) is 0 Å². The van der Waals surface area contributed by atoms with Gasteiger partial charge in [0, 0.05) is 19.2 Å². The maximum Gasteiger partial charge on any atom is 0.326 e. The Morgan fingerprint density at radius 2 is 2.14 bits per heavy atom. The molecular formula is C14H22N4O3. The molecule has 1 aliphatic rings. The number of carboxylic acid groups (broad SMARTS) is 1. The van der Waals surface area contributed by atoms with E-state index >= 15 is 0 Å². The SMILES string of the molecule is CC(C)C[C@@H](Nc1cc(N2CCOCC2)ncn1)C(=O)O. The first-order valence-electron chi connectivity index (χ1n) is 7.20. The molecule has 116 valence electrons. The lowest BCUT2D eigenvalue weighted by Gasteiger charge is -2.28. The Morgan fingerprint density at radius 1 is 1.43 bits per heavy atom. The molecule has 7 heteroatoms. The molecule has 2 heterocycles. The maximum absolute atomic E-state index is 11.3. The van der Waals surface area contributed by atoms with Crippen molar-refractivity contribution >= 4 is 17.6 Å². The van der Waals surface area contributed by atoms with Crippen molar-refractivity contribution in [2.75, 3.05) is 36.5 Å². The van der Waals surface area contributed by atoms with Crippen molar-refractivity contribution < 1.29 is 14.6 Å². The summed E-state index contributed by atoms with van der Waals surface area (Å²) in [7, 11) is 0. The van der Waals surface area contributed by atoms with Crippen molar-refractivity contribution in [2.24, 2.45) is 5.92 Å². The van der Waals surface area contributed by atoms with Crippen LogP contribution < -0.4 is 10.2 Å². The first kappa shape index (κ1) is 15.5. The molecule has 1 aromatic heterocycles. The fourth-order valence-corrected chi connectivity index (χ4v) is 2.26. The number of carbonyl (C=O) groups is 1. The highest BCUT2D eigenvalue weighted by atomic mass is 16.5. The third-order valence-corrected chi connectivity index (χ3v) is 3.32. The van der Waals surface area contributed by atoms with Gasteiger partial charge >= 0.3 is 5.97 Å². The topological polar surface area (TPSA) is 87.6 Å². The third kappa shape index (κ3) is 4.56. The first-order chi connectivity index (χ1) is 10.1. The van der Waals surface area contributed by atoms with Crippen LogP contribution in [-0.4, -0.2) is 53.4 Å². The summed E-state index contributed by atoms with van der Waals surface area (Å²) < 4.78 is 5.31. The number of aromatic nitrogens is 2. The van der Waals surface area contributed by atoms with E-state index in [1.54, 1.807) is 6.07 Å². The van der Waals surface area contributed by atoms with Crippen LogP contribution in [0.5, 0.6) is 0 Å². The molecule has 0 amide bonds. The summed E-state index contributed by atoms with van der Waals surface area (Å²) in [6.07, 6.45) is 2.01. The van der Waals surface area contributed by atoms with E-state index in [1.807, 2.05) is 13.8 Å². The Labute approximate surface area is 124 Å². The summed E-state index contributed by atoms with van der Waals surface area (Å²) in [5.74, 6) is 0.762. The largest absolute Gasteiger partial charge is 0.480 e. The van der Waals surface area contributed by atoms with Gasteiger partial charge in [-0.1, -0.05) is 13.8 Å². The van der Waals surface area contributed by atoms with Gasteiger partial charge < -0.3 is 20.1 Å². The number of nitrogens with zero attached hydrogens (tertiary/aromatic N) is 3. The van der Waals surface area contributed by atoms with Gasteiger partial charge in [0.1, 0.15) is 24.0 Å². The number of aliphatic carboxylic acids is 1. The molecule has 1 saturated heterocycles. The van der Waals surface area contributed by atoms with Gasteiger partial charge in [-0.2, -0.15) is 0 Å². The molecule has 0 spiro atoms. The van der Waals surface area contributed by atoms with Crippen LogP contribution in [0, 0.1) is 5.92 Å². The van der Waals surface area contributed by atoms with Crippen LogP contribution >= 0.6 is 0 Å². The summed E-state index contributed by atoms with van der Waals surface area (Å²) >= 11 is 0.